The SMILES string of the molecule is Cc1cc(=O)[nH]c([C@@H]2CN(C3CCOCC3)CCO2)n1. The van der Waals surface area contributed by atoms with Gasteiger partial charge in [-0.3, -0.25) is 9.69 Å². The van der Waals surface area contributed by atoms with Gasteiger partial charge in [0.25, 0.3) is 5.56 Å². The molecule has 3 heterocycles. The quantitative estimate of drug-likeness (QED) is 0.860. The Morgan fingerprint density at radius 3 is 2.90 bits per heavy atom. The van der Waals surface area contributed by atoms with Crippen molar-refractivity contribution in [3.05, 3.63) is 27.9 Å². The zero-order chi connectivity index (χ0) is 13.9. The second-order valence-corrected chi connectivity index (χ2v) is 5.47. The Kier molecular flexibility index (Phi) is 4.14. The van der Waals surface area contributed by atoms with Gasteiger partial charge in [0, 0.05) is 44.1 Å². The Morgan fingerprint density at radius 1 is 1.35 bits per heavy atom. The Bertz CT molecular complexity index is 511. The summed E-state index contributed by atoms with van der Waals surface area (Å²) in [7, 11) is 0. The van der Waals surface area contributed by atoms with E-state index in [1.165, 1.54) is 6.07 Å². The van der Waals surface area contributed by atoms with Crippen LogP contribution in [0.25, 0.3) is 0 Å². The number of morpholine rings is 1. The molecule has 0 spiro atoms. The molecule has 0 aromatic carbocycles. The summed E-state index contributed by atoms with van der Waals surface area (Å²) in [5.41, 5.74) is 0.620. The molecule has 0 radical (unpaired) electrons. The Hall–Kier alpha value is -1.24. The molecule has 6 nitrogen and oxygen atoms in total. The van der Waals surface area contributed by atoms with E-state index in [1.807, 2.05) is 6.92 Å². The topological polar surface area (TPSA) is 67.5 Å². The summed E-state index contributed by atoms with van der Waals surface area (Å²) in [5.74, 6) is 0.645. The maximum absolute atomic E-state index is 11.6. The smallest absolute Gasteiger partial charge is 0.251 e. The van der Waals surface area contributed by atoms with E-state index in [0.29, 0.717) is 18.5 Å². The molecule has 0 saturated carbocycles. The number of hydrogen-bond acceptors (Lipinski definition) is 5. The van der Waals surface area contributed by atoms with E-state index in [4.69, 9.17) is 9.47 Å². The summed E-state index contributed by atoms with van der Waals surface area (Å²) in [6.45, 7) is 5.92. The summed E-state index contributed by atoms with van der Waals surface area (Å²) in [5, 5.41) is 0. The van der Waals surface area contributed by atoms with Gasteiger partial charge in [0.1, 0.15) is 11.9 Å². The van der Waals surface area contributed by atoms with Crippen molar-refractivity contribution in [3.8, 4) is 0 Å². The van der Waals surface area contributed by atoms with Gasteiger partial charge in [-0.2, -0.15) is 0 Å². The zero-order valence-corrected chi connectivity index (χ0v) is 11.8. The molecule has 0 aliphatic carbocycles. The average molecular weight is 279 g/mol. The monoisotopic (exact) mass is 279 g/mol. The summed E-state index contributed by atoms with van der Waals surface area (Å²) in [6.07, 6.45) is 2.01. The minimum atomic E-state index is -0.140. The molecule has 2 fully saturated rings. The summed E-state index contributed by atoms with van der Waals surface area (Å²) >= 11 is 0. The first-order valence-electron chi connectivity index (χ1n) is 7.23. The predicted molar refractivity (Wildman–Crippen MR) is 73.7 cm³/mol. The van der Waals surface area contributed by atoms with Crippen molar-refractivity contribution in [1.29, 1.82) is 0 Å². The first-order valence-corrected chi connectivity index (χ1v) is 7.23. The molecule has 1 N–H and O–H groups in total. The second-order valence-electron chi connectivity index (χ2n) is 5.47. The second kappa shape index (κ2) is 6.03. The van der Waals surface area contributed by atoms with Crippen molar-refractivity contribution in [3.63, 3.8) is 0 Å². The van der Waals surface area contributed by atoms with Crippen molar-refractivity contribution in [2.24, 2.45) is 0 Å². The number of nitrogens with one attached hydrogen (secondary N) is 1. The van der Waals surface area contributed by atoms with Crippen LogP contribution in [-0.4, -0.2) is 53.8 Å². The maximum Gasteiger partial charge on any atom is 0.251 e. The number of nitrogens with zero attached hydrogens (tertiary/aromatic N) is 2. The number of H-pyrrole nitrogens is 1. The van der Waals surface area contributed by atoms with Crippen LogP contribution in [0, 0.1) is 6.92 Å². The van der Waals surface area contributed by atoms with Crippen LogP contribution in [0.15, 0.2) is 10.9 Å². The molecule has 2 aliphatic rings. The van der Waals surface area contributed by atoms with Crippen molar-refractivity contribution in [2.45, 2.75) is 31.9 Å². The third-order valence-electron chi connectivity index (χ3n) is 4.00. The lowest BCUT2D eigenvalue weighted by atomic mass is 10.1. The third-order valence-corrected chi connectivity index (χ3v) is 4.00. The van der Waals surface area contributed by atoms with Crippen LogP contribution in [0.1, 0.15) is 30.5 Å². The van der Waals surface area contributed by atoms with Gasteiger partial charge in [-0.1, -0.05) is 0 Å². The molecule has 3 rings (SSSR count). The predicted octanol–water partition coefficient (Wildman–Crippen LogP) is 0.631. The van der Waals surface area contributed by atoms with Gasteiger partial charge in [0.05, 0.1) is 6.61 Å². The highest BCUT2D eigenvalue weighted by atomic mass is 16.5. The van der Waals surface area contributed by atoms with Crippen LogP contribution in [-0.2, 0) is 9.47 Å². The van der Waals surface area contributed by atoms with Crippen molar-refractivity contribution < 1.29 is 9.47 Å². The van der Waals surface area contributed by atoms with Crippen LogP contribution in [0.3, 0.4) is 0 Å². The molecule has 1 atom stereocenters. The fraction of sp³-hybridized carbons (Fsp3) is 0.714. The highest BCUT2D eigenvalue weighted by molar-refractivity contribution is 5.03. The first-order chi connectivity index (χ1) is 9.72. The van der Waals surface area contributed by atoms with E-state index in [1.54, 1.807) is 0 Å². The lowest BCUT2D eigenvalue weighted by Gasteiger charge is -2.39. The highest BCUT2D eigenvalue weighted by Crippen LogP contribution is 2.23. The fourth-order valence-corrected chi connectivity index (χ4v) is 2.97. The van der Waals surface area contributed by atoms with Gasteiger partial charge < -0.3 is 14.5 Å². The Labute approximate surface area is 118 Å². The van der Waals surface area contributed by atoms with Crippen molar-refractivity contribution in [2.75, 3.05) is 32.9 Å². The lowest BCUT2D eigenvalue weighted by molar-refractivity contribution is -0.0664. The minimum absolute atomic E-state index is 0.112. The van der Waals surface area contributed by atoms with E-state index in [-0.39, 0.29) is 11.7 Å². The van der Waals surface area contributed by atoms with Crippen LogP contribution >= 0.6 is 0 Å². The van der Waals surface area contributed by atoms with E-state index in [9.17, 15) is 4.79 Å². The molecule has 2 saturated heterocycles. The molecule has 1 aromatic rings. The van der Waals surface area contributed by atoms with Gasteiger partial charge in [-0.25, -0.2) is 4.98 Å². The van der Waals surface area contributed by atoms with Gasteiger partial charge in [0.15, 0.2) is 0 Å². The number of aryl methyl sites for hydroxylation is 1. The van der Waals surface area contributed by atoms with Gasteiger partial charge in [-0.15, -0.1) is 0 Å². The molecule has 0 unspecified atom stereocenters. The van der Waals surface area contributed by atoms with E-state index < -0.39 is 0 Å². The fourth-order valence-electron chi connectivity index (χ4n) is 2.97. The summed E-state index contributed by atoms with van der Waals surface area (Å²) in [6, 6.07) is 2.06. The molecular formula is C14H21N3O3. The van der Waals surface area contributed by atoms with Crippen LogP contribution in [0.4, 0.5) is 0 Å². The molecule has 110 valence electrons. The number of ether oxygens (including phenoxy) is 2. The summed E-state index contributed by atoms with van der Waals surface area (Å²) in [4.78, 5) is 21.2. The first kappa shape index (κ1) is 13.7. The summed E-state index contributed by atoms with van der Waals surface area (Å²) < 4.78 is 11.2. The maximum atomic E-state index is 11.6. The van der Waals surface area contributed by atoms with E-state index >= 15 is 0 Å². The zero-order valence-electron chi connectivity index (χ0n) is 11.8. The molecule has 0 amide bonds. The van der Waals surface area contributed by atoms with Crippen molar-refractivity contribution in [1.82, 2.24) is 14.9 Å². The Morgan fingerprint density at radius 2 is 2.15 bits per heavy atom. The molecule has 0 bridgehead atoms. The van der Waals surface area contributed by atoms with Crippen LogP contribution < -0.4 is 5.56 Å². The number of aromatic amines is 1. The van der Waals surface area contributed by atoms with Gasteiger partial charge >= 0.3 is 0 Å². The van der Waals surface area contributed by atoms with Crippen LogP contribution in [0.2, 0.25) is 0 Å². The van der Waals surface area contributed by atoms with E-state index in [2.05, 4.69) is 14.9 Å². The minimum Gasteiger partial charge on any atom is -0.381 e. The largest absolute Gasteiger partial charge is 0.381 e. The standard InChI is InChI=1S/C14H21N3O3/c1-10-8-13(18)16-14(15-10)12-9-17(4-7-20-12)11-2-5-19-6-3-11/h8,11-12H,2-7,9H2,1H3,(H,15,16,18)/t12-/m0/s1. The lowest BCUT2D eigenvalue weighted by Crippen LogP contribution is -2.47. The third kappa shape index (κ3) is 3.08. The normalized spacial score (nSPS) is 25.8. The average Bonchev–Trinajstić information content (AvgIpc) is 2.47. The van der Waals surface area contributed by atoms with Gasteiger partial charge in [-0.05, 0) is 19.8 Å². The van der Waals surface area contributed by atoms with Crippen molar-refractivity contribution >= 4 is 0 Å². The number of hydrogen-bond donors (Lipinski definition) is 1. The Balaban J connectivity index is 1.72. The number of rotatable bonds is 2. The highest BCUT2D eigenvalue weighted by Gasteiger charge is 2.29. The van der Waals surface area contributed by atoms with Crippen LogP contribution in [0.5, 0.6) is 0 Å². The molecule has 20 heavy (non-hydrogen) atoms. The van der Waals surface area contributed by atoms with Gasteiger partial charge in [0.2, 0.25) is 0 Å². The van der Waals surface area contributed by atoms with E-state index in [0.717, 1.165) is 44.8 Å². The molecule has 2 aliphatic heterocycles. The number of aromatic nitrogens is 2. The molecule has 1 aromatic heterocycles. The molecule has 6 heteroatoms. The molecular weight excluding hydrogens is 258 g/mol.